The van der Waals surface area contributed by atoms with Gasteiger partial charge in [0.05, 0.1) is 12.1 Å². The lowest BCUT2D eigenvalue weighted by Crippen LogP contribution is -2.29. The van der Waals surface area contributed by atoms with Crippen LogP contribution in [0.5, 0.6) is 5.75 Å². The van der Waals surface area contributed by atoms with Crippen LogP contribution in [0, 0.1) is 5.92 Å². The lowest BCUT2D eigenvalue weighted by molar-refractivity contribution is 0.0909. The van der Waals surface area contributed by atoms with E-state index in [-0.39, 0.29) is 11.7 Å². The molecule has 1 aliphatic heterocycles. The van der Waals surface area contributed by atoms with Crippen molar-refractivity contribution in [2.75, 3.05) is 26.7 Å². The third-order valence-electron chi connectivity index (χ3n) is 4.18. The molecule has 4 heteroatoms. The number of rotatable bonds is 3. The van der Waals surface area contributed by atoms with Gasteiger partial charge in [-0.25, -0.2) is 0 Å². The standard InChI is InChI=1S/C15H18ClNO2/c1-19-13-5-4-12(16)14-11(13)8-10(15(14)18)9-17-6-2-3-7-17/h4-5,10H,2-3,6-9H2,1H3. The van der Waals surface area contributed by atoms with E-state index in [1.165, 1.54) is 12.8 Å². The average Bonchev–Trinajstić information content (AvgIpc) is 3.01. The van der Waals surface area contributed by atoms with E-state index in [1.807, 2.05) is 6.07 Å². The molecule has 0 saturated carbocycles. The maximum absolute atomic E-state index is 12.5. The highest BCUT2D eigenvalue weighted by Gasteiger charge is 2.35. The fourth-order valence-electron chi connectivity index (χ4n) is 3.23. The molecule has 2 aliphatic rings. The van der Waals surface area contributed by atoms with Crippen molar-refractivity contribution in [1.29, 1.82) is 0 Å². The second kappa shape index (κ2) is 5.14. The molecule has 0 bridgehead atoms. The van der Waals surface area contributed by atoms with Gasteiger partial charge < -0.3 is 9.64 Å². The molecule has 0 aromatic heterocycles. The molecular formula is C15H18ClNO2. The highest BCUT2D eigenvalue weighted by molar-refractivity contribution is 6.34. The summed E-state index contributed by atoms with van der Waals surface area (Å²) in [6, 6.07) is 3.61. The number of Topliss-reactive ketones (excluding diaryl/α,β-unsaturated/α-hetero) is 1. The van der Waals surface area contributed by atoms with Crippen LogP contribution in [-0.4, -0.2) is 37.4 Å². The smallest absolute Gasteiger partial charge is 0.169 e. The van der Waals surface area contributed by atoms with E-state index in [2.05, 4.69) is 4.90 Å². The summed E-state index contributed by atoms with van der Waals surface area (Å²) in [5.74, 6) is 1.02. The van der Waals surface area contributed by atoms with Crippen molar-refractivity contribution in [2.45, 2.75) is 19.3 Å². The van der Waals surface area contributed by atoms with Gasteiger partial charge in [-0.15, -0.1) is 0 Å². The largest absolute Gasteiger partial charge is 0.496 e. The zero-order valence-electron chi connectivity index (χ0n) is 11.1. The van der Waals surface area contributed by atoms with Crippen LogP contribution < -0.4 is 4.74 Å². The van der Waals surface area contributed by atoms with E-state index >= 15 is 0 Å². The number of ketones is 1. The van der Waals surface area contributed by atoms with Gasteiger partial charge in [-0.05, 0) is 44.5 Å². The number of carbonyl (C=O) groups is 1. The Labute approximate surface area is 118 Å². The molecular weight excluding hydrogens is 262 g/mol. The predicted octanol–water partition coefficient (Wildman–Crippen LogP) is 2.80. The van der Waals surface area contributed by atoms with Gasteiger partial charge >= 0.3 is 0 Å². The average molecular weight is 280 g/mol. The van der Waals surface area contributed by atoms with Crippen LogP contribution >= 0.6 is 11.6 Å². The van der Waals surface area contributed by atoms with E-state index in [0.717, 1.165) is 37.4 Å². The highest BCUT2D eigenvalue weighted by Crippen LogP contribution is 2.38. The second-order valence-corrected chi connectivity index (χ2v) is 5.78. The summed E-state index contributed by atoms with van der Waals surface area (Å²) < 4.78 is 5.35. The molecule has 1 saturated heterocycles. The minimum Gasteiger partial charge on any atom is -0.496 e. The molecule has 1 aromatic carbocycles. The molecule has 1 heterocycles. The summed E-state index contributed by atoms with van der Waals surface area (Å²) in [5, 5.41) is 0.560. The van der Waals surface area contributed by atoms with Crippen LogP contribution in [0.15, 0.2) is 12.1 Å². The van der Waals surface area contributed by atoms with Gasteiger partial charge in [0.15, 0.2) is 5.78 Å². The monoisotopic (exact) mass is 279 g/mol. The Kier molecular flexibility index (Phi) is 3.50. The lowest BCUT2D eigenvalue weighted by Gasteiger charge is -2.18. The van der Waals surface area contributed by atoms with E-state index in [9.17, 15) is 4.79 Å². The molecule has 1 atom stereocenters. The molecule has 102 valence electrons. The SMILES string of the molecule is COc1ccc(Cl)c2c1CC(CN1CCCC1)C2=O. The summed E-state index contributed by atoms with van der Waals surface area (Å²) in [6.45, 7) is 3.09. The maximum atomic E-state index is 12.5. The van der Waals surface area contributed by atoms with E-state index in [4.69, 9.17) is 16.3 Å². The number of fused-ring (bicyclic) bond motifs is 1. The molecule has 3 nitrogen and oxygen atoms in total. The summed E-state index contributed by atoms with van der Waals surface area (Å²) in [4.78, 5) is 14.9. The third kappa shape index (κ3) is 2.26. The van der Waals surface area contributed by atoms with Crippen molar-refractivity contribution in [3.05, 3.63) is 28.3 Å². The molecule has 1 fully saturated rings. The van der Waals surface area contributed by atoms with Gasteiger partial charge in [0.2, 0.25) is 0 Å². The Morgan fingerprint density at radius 2 is 2.11 bits per heavy atom. The number of carbonyl (C=O) groups excluding carboxylic acids is 1. The van der Waals surface area contributed by atoms with E-state index in [1.54, 1.807) is 13.2 Å². The minimum atomic E-state index is 0.0434. The zero-order valence-corrected chi connectivity index (χ0v) is 11.9. The number of ether oxygens (including phenoxy) is 1. The Morgan fingerprint density at radius 1 is 1.37 bits per heavy atom. The van der Waals surface area contributed by atoms with Crippen molar-refractivity contribution in [1.82, 2.24) is 4.90 Å². The number of halogens is 1. The summed E-state index contributed by atoms with van der Waals surface area (Å²) in [6.07, 6.45) is 3.25. The molecule has 19 heavy (non-hydrogen) atoms. The topological polar surface area (TPSA) is 29.5 Å². The number of hydrogen-bond donors (Lipinski definition) is 0. The Morgan fingerprint density at radius 3 is 2.79 bits per heavy atom. The molecule has 1 unspecified atom stereocenters. The fraction of sp³-hybridized carbons (Fsp3) is 0.533. The fourth-order valence-corrected chi connectivity index (χ4v) is 3.50. The molecule has 1 aromatic rings. The predicted molar refractivity (Wildman–Crippen MR) is 75.2 cm³/mol. The lowest BCUT2D eigenvalue weighted by atomic mass is 10.0. The van der Waals surface area contributed by atoms with Crippen molar-refractivity contribution in [2.24, 2.45) is 5.92 Å². The zero-order chi connectivity index (χ0) is 13.4. The Hall–Kier alpha value is -1.06. The number of nitrogens with zero attached hydrogens (tertiary/aromatic N) is 1. The molecule has 0 N–H and O–H groups in total. The molecule has 3 rings (SSSR count). The highest BCUT2D eigenvalue weighted by atomic mass is 35.5. The van der Waals surface area contributed by atoms with Crippen LogP contribution in [0.25, 0.3) is 0 Å². The van der Waals surface area contributed by atoms with Gasteiger partial charge in [-0.1, -0.05) is 11.6 Å². The van der Waals surface area contributed by atoms with Crippen LogP contribution in [-0.2, 0) is 6.42 Å². The number of likely N-dealkylation sites (tertiary alicyclic amines) is 1. The van der Waals surface area contributed by atoms with E-state index in [0.29, 0.717) is 10.6 Å². The van der Waals surface area contributed by atoms with Crippen LogP contribution in [0.2, 0.25) is 5.02 Å². The third-order valence-corrected chi connectivity index (χ3v) is 4.50. The Bertz CT molecular complexity index is 509. The first-order chi connectivity index (χ1) is 9.20. The van der Waals surface area contributed by atoms with Crippen molar-refractivity contribution < 1.29 is 9.53 Å². The minimum absolute atomic E-state index is 0.0434. The first-order valence-corrected chi connectivity index (χ1v) is 7.20. The van der Waals surface area contributed by atoms with Gasteiger partial charge in [0, 0.05) is 23.6 Å². The van der Waals surface area contributed by atoms with Gasteiger partial charge in [0.25, 0.3) is 0 Å². The number of benzene rings is 1. The molecule has 0 spiro atoms. The maximum Gasteiger partial charge on any atom is 0.169 e. The van der Waals surface area contributed by atoms with Crippen LogP contribution in [0.4, 0.5) is 0 Å². The van der Waals surface area contributed by atoms with Gasteiger partial charge in [-0.3, -0.25) is 4.79 Å². The Balaban J connectivity index is 1.86. The number of hydrogen-bond acceptors (Lipinski definition) is 3. The van der Waals surface area contributed by atoms with E-state index < -0.39 is 0 Å². The first kappa shape index (κ1) is 12.9. The van der Waals surface area contributed by atoms with Crippen molar-refractivity contribution in [3.63, 3.8) is 0 Å². The number of methoxy groups -OCH3 is 1. The van der Waals surface area contributed by atoms with Gasteiger partial charge in [0.1, 0.15) is 5.75 Å². The summed E-state index contributed by atoms with van der Waals surface area (Å²) >= 11 is 6.19. The first-order valence-electron chi connectivity index (χ1n) is 6.82. The van der Waals surface area contributed by atoms with Gasteiger partial charge in [-0.2, -0.15) is 0 Å². The quantitative estimate of drug-likeness (QED) is 0.852. The normalized spacial score (nSPS) is 22.8. The summed E-state index contributed by atoms with van der Waals surface area (Å²) in [5.41, 5.74) is 1.68. The molecule has 1 aliphatic carbocycles. The molecule has 0 radical (unpaired) electrons. The van der Waals surface area contributed by atoms with Crippen LogP contribution in [0.1, 0.15) is 28.8 Å². The van der Waals surface area contributed by atoms with Crippen molar-refractivity contribution >= 4 is 17.4 Å². The molecule has 0 amide bonds. The summed E-state index contributed by atoms with van der Waals surface area (Å²) in [7, 11) is 1.64. The van der Waals surface area contributed by atoms with Crippen molar-refractivity contribution in [3.8, 4) is 5.75 Å². The van der Waals surface area contributed by atoms with Crippen LogP contribution in [0.3, 0.4) is 0 Å². The second-order valence-electron chi connectivity index (χ2n) is 5.38.